The van der Waals surface area contributed by atoms with Crippen LogP contribution in [0.15, 0.2) is 11.6 Å². The van der Waals surface area contributed by atoms with E-state index in [0.717, 1.165) is 19.5 Å². The van der Waals surface area contributed by atoms with Gasteiger partial charge in [0.05, 0.1) is 0 Å². The number of nitrogens with one attached hydrogen (secondary N) is 1. The molecule has 0 bridgehead atoms. The first-order valence-corrected chi connectivity index (χ1v) is 8.75. The summed E-state index contributed by atoms with van der Waals surface area (Å²) in [6.07, 6.45) is 9.68. The maximum Gasteiger partial charge on any atom is 0.410 e. The molecule has 126 valence electrons. The number of carbonyl (C=O) groups excluding carboxylic acids is 1. The number of allylic oxidation sites excluding steroid dienone is 1. The molecule has 2 unspecified atom stereocenters. The van der Waals surface area contributed by atoms with Gasteiger partial charge in [0.1, 0.15) is 5.60 Å². The Morgan fingerprint density at radius 3 is 2.82 bits per heavy atom. The molecule has 1 aliphatic carbocycles. The fourth-order valence-electron chi connectivity index (χ4n) is 3.60. The number of likely N-dealkylation sites (tertiary alicyclic amines) is 1. The van der Waals surface area contributed by atoms with E-state index in [1.165, 1.54) is 32.1 Å². The Bertz CT molecular complexity index is 412. The third kappa shape index (κ3) is 4.73. The highest BCUT2D eigenvalue weighted by Gasteiger charge is 2.34. The third-order valence-corrected chi connectivity index (χ3v) is 4.63. The molecule has 1 heterocycles. The minimum absolute atomic E-state index is 0.167. The molecule has 0 radical (unpaired) electrons. The molecule has 0 saturated carbocycles. The summed E-state index contributed by atoms with van der Waals surface area (Å²) in [5.74, 6) is 0.502. The van der Waals surface area contributed by atoms with Gasteiger partial charge in [0.25, 0.3) is 0 Å². The number of amides is 1. The Labute approximate surface area is 135 Å². The summed E-state index contributed by atoms with van der Waals surface area (Å²) in [6, 6.07) is 0.408. The summed E-state index contributed by atoms with van der Waals surface area (Å²) in [5, 5.41) is 3.50. The van der Waals surface area contributed by atoms with Gasteiger partial charge in [0.15, 0.2) is 0 Å². The van der Waals surface area contributed by atoms with E-state index in [1.54, 1.807) is 5.57 Å². The maximum atomic E-state index is 12.2. The van der Waals surface area contributed by atoms with Crippen LogP contribution in [0, 0.1) is 5.92 Å². The largest absolute Gasteiger partial charge is 0.444 e. The number of rotatable bonds is 3. The lowest BCUT2D eigenvalue weighted by Crippen LogP contribution is -2.39. The molecule has 1 saturated heterocycles. The fraction of sp³-hybridized carbons (Fsp3) is 0.833. The van der Waals surface area contributed by atoms with Crippen LogP contribution in [0.3, 0.4) is 0 Å². The number of carbonyl (C=O) groups is 1. The zero-order valence-electron chi connectivity index (χ0n) is 14.7. The van der Waals surface area contributed by atoms with Gasteiger partial charge in [-0.25, -0.2) is 4.79 Å². The summed E-state index contributed by atoms with van der Waals surface area (Å²) in [4.78, 5) is 14.1. The van der Waals surface area contributed by atoms with E-state index in [2.05, 4.69) is 11.4 Å². The Balaban J connectivity index is 1.95. The summed E-state index contributed by atoms with van der Waals surface area (Å²) >= 11 is 0. The Morgan fingerprint density at radius 2 is 2.14 bits per heavy atom. The molecule has 0 aromatic heterocycles. The van der Waals surface area contributed by atoms with Crippen molar-refractivity contribution in [2.45, 2.75) is 70.9 Å². The molecule has 2 aliphatic rings. The van der Waals surface area contributed by atoms with Gasteiger partial charge in [-0.1, -0.05) is 18.1 Å². The highest BCUT2D eigenvalue weighted by atomic mass is 16.6. The summed E-state index contributed by atoms with van der Waals surface area (Å²) in [6.45, 7) is 7.38. The molecule has 22 heavy (non-hydrogen) atoms. The van der Waals surface area contributed by atoms with Gasteiger partial charge in [-0.15, -0.1) is 0 Å². The molecule has 0 spiro atoms. The van der Waals surface area contributed by atoms with Gasteiger partial charge in [-0.3, -0.25) is 0 Å². The third-order valence-electron chi connectivity index (χ3n) is 4.63. The second kappa shape index (κ2) is 7.49. The quantitative estimate of drug-likeness (QED) is 0.808. The monoisotopic (exact) mass is 308 g/mol. The second-order valence-corrected chi connectivity index (χ2v) is 7.62. The molecule has 2 rings (SSSR count). The number of ether oxygens (including phenoxy) is 1. The number of hydrogen-bond donors (Lipinski definition) is 1. The highest BCUT2D eigenvalue weighted by Crippen LogP contribution is 2.29. The lowest BCUT2D eigenvalue weighted by molar-refractivity contribution is 0.0286. The zero-order valence-corrected chi connectivity index (χ0v) is 14.7. The minimum Gasteiger partial charge on any atom is -0.444 e. The molecule has 0 aromatic rings. The van der Waals surface area contributed by atoms with Crippen molar-refractivity contribution in [3.05, 3.63) is 11.6 Å². The van der Waals surface area contributed by atoms with E-state index >= 15 is 0 Å². The molecule has 1 amide bonds. The van der Waals surface area contributed by atoms with Crippen molar-refractivity contribution in [2.24, 2.45) is 5.92 Å². The van der Waals surface area contributed by atoms with Gasteiger partial charge in [-0.05, 0) is 65.8 Å². The molecular weight excluding hydrogens is 276 g/mol. The first kappa shape index (κ1) is 17.3. The number of nitrogens with zero attached hydrogens (tertiary/aromatic N) is 1. The van der Waals surface area contributed by atoms with Gasteiger partial charge >= 0.3 is 6.09 Å². The van der Waals surface area contributed by atoms with Gasteiger partial charge in [0, 0.05) is 19.1 Å². The van der Waals surface area contributed by atoms with Crippen molar-refractivity contribution >= 4 is 6.09 Å². The van der Waals surface area contributed by atoms with Crippen LogP contribution in [-0.4, -0.2) is 42.8 Å². The van der Waals surface area contributed by atoms with Gasteiger partial charge in [-0.2, -0.15) is 0 Å². The first-order chi connectivity index (χ1) is 10.4. The van der Waals surface area contributed by atoms with Crippen molar-refractivity contribution in [1.82, 2.24) is 10.2 Å². The Hall–Kier alpha value is -1.03. The van der Waals surface area contributed by atoms with Crippen LogP contribution in [0.2, 0.25) is 0 Å². The molecule has 0 aromatic carbocycles. The van der Waals surface area contributed by atoms with Crippen LogP contribution in [-0.2, 0) is 4.74 Å². The number of likely N-dealkylation sites (N-methyl/N-ethyl adjacent to an activating group) is 1. The highest BCUT2D eigenvalue weighted by molar-refractivity contribution is 5.68. The van der Waals surface area contributed by atoms with E-state index < -0.39 is 5.60 Å². The first-order valence-electron chi connectivity index (χ1n) is 8.75. The lowest BCUT2D eigenvalue weighted by atomic mass is 9.89. The molecule has 1 N–H and O–H groups in total. The van der Waals surface area contributed by atoms with Crippen LogP contribution >= 0.6 is 0 Å². The van der Waals surface area contributed by atoms with Crippen molar-refractivity contribution < 1.29 is 9.53 Å². The van der Waals surface area contributed by atoms with Gasteiger partial charge < -0.3 is 15.0 Å². The second-order valence-electron chi connectivity index (χ2n) is 7.62. The maximum absolute atomic E-state index is 12.2. The average molecular weight is 308 g/mol. The van der Waals surface area contributed by atoms with Crippen molar-refractivity contribution in [3.63, 3.8) is 0 Å². The number of hydrogen-bond acceptors (Lipinski definition) is 3. The standard InChI is InChI=1S/C18H32N2O2/c1-18(2,3)22-17(21)20-12-11-15(13-20)16(19-4)14-9-7-5-6-8-10-14/h9,15-16,19H,5-8,10-13H2,1-4H3. The van der Waals surface area contributed by atoms with Crippen LogP contribution in [0.4, 0.5) is 4.79 Å². The molecule has 1 fully saturated rings. The summed E-state index contributed by atoms with van der Waals surface area (Å²) in [7, 11) is 2.05. The van der Waals surface area contributed by atoms with Crippen molar-refractivity contribution in [2.75, 3.05) is 20.1 Å². The van der Waals surface area contributed by atoms with E-state index in [-0.39, 0.29) is 6.09 Å². The van der Waals surface area contributed by atoms with E-state index in [0.29, 0.717) is 12.0 Å². The zero-order chi connectivity index (χ0) is 16.2. The fourth-order valence-corrected chi connectivity index (χ4v) is 3.60. The normalized spacial score (nSPS) is 24.6. The van der Waals surface area contributed by atoms with Crippen LogP contribution in [0.1, 0.15) is 59.3 Å². The van der Waals surface area contributed by atoms with Crippen LogP contribution in [0.25, 0.3) is 0 Å². The van der Waals surface area contributed by atoms with E-state index in [1.807, 2.05) is 32.7 Å². The van der Waals surface area contributed by atoms with Crippen molar-refractivity contribution in [1.29, 1.82) is 0 Å². The van der Waals surface area contributed by atoms with Crippen LogP contribution < -0.4 is 5.32 Å². The summed E-state index contributed by atoms with van der Waals surface area (Å²) < 4.78 is 5.50. The van der Waals surface area contributed by atoms with Gasteiger partial charge in [0.2, 0.25) is 0 Å². The minimum atomic E-state index is -0.415. The van der Waals surface area contributed by atoms with Crippen molar-refractivity contribution in [3.8, 4) is 0 Å². The molecule has 1 aliphatic heterocycles. The summed E-state index contributed by atoms with van der Waals surface area (Å²) in [5.41, 5.74) is 1.14. The Kier molecular flexibility index (Phi) is 5.90. The Morgan fingerprint density at radius 1 is 1.36 bits per heavy atom. The topological polar surface area (TPSA) is 41.6 Å². The smallest absolute Gasteiger partial charge is 0.410 e. The van der Waals surface area contributed by atoms with E-state index in [4.69, 9.17) is 4.74 Å². The van der Waals surface area contributed by atoms with E-state index in [9.17, 15) is 4.79 Å². The molecule has 4 heteroatoms. The average Bonchev–Trinajstić information content (AvgIpc) is 2.75. The molecule has 4 nitrogen and oxygen atoms in total. The SMILES string of the molecule is CNC(C1=CCCCCC1)C1CCN(C(=O)OC(C)(C)C)C1. The molecular formula is C18H32N2O2. The lowest BCUT2D eigenvalue weighted by Gasteiger charge is -2.27. The predicted molar refractivity (Wildman–Crippen MR) is 89.9 cm³/mol. The predicted octanol–water partition coefficient (Wildman–Crippen LogP) is 3.72. The van der Waals surface area contributed by atoms with Crippen LogP contribution in [0.5, 0.6) is 0 Å². The molecule has 2 atom stereocenters.